The van der Waals surface area contributed by atoms with Crippen molar-refractivity contribution < 1.29 is 13.2 Å². The van der Waals surface area contributed by atoms with E-state index in [1.165, 1.54) is 12.1 Å². The molecule has 0 fully saturated rings. The van der Waals surface area contributed by atoms with Crippen molar-refractivity contribution in [2.24, 2.45) is 0 Å². The quantitative estimate of drug-likeness (QED) is 0.820. The Morgan fingerprint density at radius 2 is 1.79 bits per heavy atom. The van der Waals surface area contributed by atoms with E-state index in [9.17, 15) is 13.2 Å². The number of halogens is 3. The van der Waals surface area contributed by atoms with Gasteiger partial charge >= 0.3 is 6.18 Å². The van der Waals surface area contributed by atoms with E-state index >= 15 is 0 Å². The summed E-state index contributed by atoms with van der Waals surface area (Å²) in [5.74, 6) is 0.390. The third-order valence-corrected chi connectivity index (χ3v) is 2.95. The van der Waals surface area contributed by atoms with Gasteiger partial charge in [0.2, 0.25) is 0 Å². The number of alkyl halides is 3. The van der Waals surface area contributed by atoms with Gasteiger partial charge in [0, 0.05) is 6.20 Å². The Morgan fingerprint density at radius 3 is 2.26 bits per heavy atom. The van der Waals surface area contributed by atoms with Crippen LogP contribution in [0.25, 0.3) is 0 Å². The molecule has 2 aromatic rings. The second-order valence-corrected chi connectivity index (χ2v) is 4.82. The molecule has 2 rings (SSSR count). The zero-order valence-corrected chi connectivity index (χ0v) is 10.8. The molecule has 0 spiro atoms. The van der Waals surface area contributed by atoms with Crippen LogP contribution in [-0.2, 0) is 12.7 Å². The van der Waals surface area contributed by atoms with Gasteiger partial charge in [-0.15, -0.1) is 0 Å². The third-order valence-electron chi connectivity index (χ3n) is 2.95. The number of hydrogen-bond donors (Lipinski definition) is 0. The summed E-state index contributed by atoms with van der Waals surface area (Å²) in [7, 11) is 0. The molecule has 0 radical (unpaired) electrons. The van der Waals surface area contributed by atoms with Crippen LogP contribution >= 0.6 is 0 Å². The monoisotopic (exact) mass is 268 g/mol. The van der Waals surface area contributed by atoms with Crippen molar-refractivity contribution in [1.29, 1.82) is 0 Å². The van der Waals surface area contributed by atoms with E-state index in [-0.39, 0.29) is 0 Å². The van der Waals surface area contributed by atoms with Crippen LogP contribution < -0.4 is 0 Å². The molecular formula is C14H15F3N2. The summed E-state index contributed by atoms with van der Waals surface area (Å²) in [6.45, 7) is 4.61. The van der Waals surface area contributed by atoms with Gasteiger partial charge in [-0.25, -0.2) is 0 Å². The molecule has 0 saturated heterocycles. The summed E-state index contributed by atoms with van der Waals surface area (Å²) in [6, 6.07) is 5.17. The maximum atomic E-state index is 12.4. The van der Waals surface area contributed by atoms with Gasteiger partial charge in [0.1, 0.15) is 0 Å². The first-order chi connectivity index (χ1) is 8.86. The lowest BCUT2D eigenvalue weighted by molar-refractivity contribution is -0.137. The van der Waals surface area contributed by atoms with Crippen LogP contribution in [0, 0.1) is 0 Å². The van der Waals surface area contributed by atoms with Gasteiger partial charge in [-0.2, -0.15) is 18.3 Å². The zero-order valence-electron chi connectivity index (χ0n) is 10.8. The van der Waals surface area contributed by atoms with Crippen LogP contribution in [0.3, 0.4) is 0 Å². The molecule has 0 unspecified atom stereocenters. The van der Waals surface area contributed by atoms with Crippen LogP contribution in [0.5, 0.6) is 0 Å². The Bertz CT molecular complexity index is 539. The molecule has 0 aliphatic carbocycles. The van der Waals surface area contributed by atoms with Gasteiger partial charge in [-0.1, -0.05) is 26.0 Å². The summed E-state index contributed by atoms with van der Waals surface area (Å²) in [4.78, 5) is 0. The summed E-state index contributed by atoms with van der Waals surface area (Å²) in [6.07, 6.45) is -0.577. The fourth-order valence-corrected chi connectivity index (χ4v) is 1.75. The average molecular weight is 268 g/mol. The van der Waals surface area contributed by atoms with Crippen LogP contribution in [0.2, 0.25) is 0 Å². The Hall–Kier alpha value is -1.78. The van der Waals surface area contributed by atoms with E-state index in [0.29, 0.717) is 12.5 Å². The van der Waals surface area contributed by atoms with Crippen LogP contribution in [0.4, 0.5) is 13.2 Å². The number of nitrogens with zero attached hydrogens (tertiary/aromatic N) is 2. The smallest absolute Gasteiger partial charge is 0.268 e. The van der Waals surface area contributed by atoms with Gasteiger partial charge in [-0.05, 0) is 29.2 Å². The van der Waals surface area contributed by atoms with Crippen molar-refractivity contribution in [1.82, 2.24) is 9.78 Å². The molecule has 0 amide bonds. The summed E-state index contributed by atoms with van der Waals surface area (Å²) in [5, 5.41) is 4.20. The van der Waals surface area contributed by atoms with Gasteiger partial charge in [0.15, 0.2) is 0 Å². The molecule has 1 aromatic carbocycles. The highest BCUT2D eigenvalue weighted by Gasteiger charge is 2.29. The SMILES string of the molecule is CC(C)c1cnn(Cc2ccc(C(F)(F)F)cc2)c1. The first-order valence-electron chi connectivity index (χ1n) is 6.05. The highest BCUT2D eigenvalue weighted by Crippen LogP contribution is 2.29. The largest absolute Gasteiger partial charge is 0.416 e. The number of hydrogen-bond acceptors (Lipinski definition) is 1. The number of rotatable bonds is 3. The van der Waals surface area contributed by atoms with Crippen molar-refractivity contribution in [2.45, 2.75) is 32.5 Å². The van der Waals surface area contributed by atoms with Gasteiger partial charge < -0.3 is 0 Å². The van der Waals surface area contributed by atoms with E-state index < -0.39 is 11.7 Å². The fraction of sp³-hybridized carbons (Fsp3) is 0.357. The molecule has 0 atom stereocenters. The molecule has 0 aliphatic heterocycles. The maximum absolute atomic E-state index is 12.4. The standard InChI is InChI=1S/C14H15F3N2/c1-10(2)12-7-18-19(9-12)8-11-3-5-13(6-4-11)14(15,16)17/h3-7,9-10H,8H2,1-2H3. The molecule has 2 nitrogen and oxygen atoms in total. The van der Waals surface area contributed by atoms with E-state index in [1.54, 1.807) is 10.9 Å². The van der Waals surface area contributed by atoms with Crippen LogP contribution in [0.1, 0.15) is 36.5 Å². The lowest BCUT2D eigenvalue weighted by Crippen LogP contribution is -2.05. The Labute approximate surface area is 109 Å². The number of benzene rings is 1. The average Bonchev–Trinajstić information content (AvgIpc) is 2.77. The normalized spacial score (nSPS) is 12.1. The van der Waals surface area contributed by atoms with Gasteiger partial charge in [0.25, 0.3) is 0 Å². The van der Waals surface area contributed by atoms with Gasteiger partial charge in [-0.3, -0.25) is 4.68 Å². The van der Waals surface area contributed by atoms with E-state index in [4.69, 9.17) is 0 Å². The molecule has 0 saturated carbocycles. The molecule has 0 bridgehead atoms. The predicted molar refractivity (Wildman–Crippen MR) is 66.9 cm³/mol. The Kier molecular flexibility index (Phi) is 3.64. The summed E-state index contributed by atoms with van der Waals surface area (Å²) < 4.78 is 39.0. The molecule has 19 heavy (non-hydrogen) atoms. The van der Waals surface area contributed by atoms with Crippen molar-refractivity contribution in [3.05, 3.63) is 53.3 Å². The van der Waals surface area contributed by atoms with E-state index in [1.807, 2.05) is 6.20 Å². The molecule has 0 aliphatic rings. The highest BCUT2D eigenvalue weighted by molar-refractivity contribution is 5.25. The molecule has 1 heterocycles. The second kappa shape index (κ2) is 5.07. The highest BCUT2D eigenvalue weighted by atomic mass is 19.4. The van der Waals surface area contributed by atoms with Crippen molar-refractivity contribution in [3.63, 3.8) is 0 Å². The zero-order chi connectivity index (χ0) is 14.0. The van der Waals surface area contributed by atoms with Crippen molar-refractivity contribution >= 4 is 0 Å². The number of aromatic nitrogens is 2. The maximum Gasteiger partial charge on any atom is 0.416 e. The molecule has 0 N–H and O–H groups in total. The molecular weight excluding hydrogens is 253 g/mol. The second-order valence-electron chi connectivity index (χ2n) is 4.82. The summed E-state index contributed by atoms with van der Waals surface area (Å²) >= 11 is 0. The van der Waals surface area contributed by atoms with Crippen molar-refractivity contribution in [3.8, 4) is 0 Å². The molecule has 5 heteroatoms. The minimum atomic E-state index is -4.28. The van der Waals surface area contributed by atoms with Crippen molar-refractivity contribution in [2.75, 3.05) is 0 Å². The lowest BCUT2D eigenvalue weighted by Gasteiger charge is -2.07. The third kappa shape index (κ3) is 3.36. The Morgan fingerprint density at radius 1 is 1.16 bits per heavy atom. The van der Waals surface area contributed by atoms with Crippen LogP contribution in [-0.4, -0.2) is 9.78 Å². The molecule has 102 valence electrons. The molecule has 1 aromatic heterocycles. The van der Waals surface area contributed by atoms with Gasteiger partial charge in [0.05, 0.1) is 18.3 Å². The van der Waals surface area contributed by atoms with E-state index in [0.717, 1.165) is 23.3 Å². The summed E-state index contributed by atoms with van der Waals surface area (Å²) in [5.41, 5.74) is 1.29. The first kappa shape index (κ1) is 13.6. The minimum absolute atomic E-state index is 0.390. The predicted octanol–water partition coefficient (Wildman–Crippen LogP) is 4.07. The Balaban J connectivity index is 2.11. The topological polar surface area (TPSA) is 17.8 Å². The van der Waals surface area contributed by atoms with E-state index in [2.05, 4.69) is 18.9 Å². The minimum Gasteiger partial charge on any atom is -0.268 e. The van der Waals surface area contributed by atoms with Crippen LogP contribution in [0.15, 0.2) is 36.7 Å². The lowest BCUT2D eigenvalue weighted by atomic mass is 10.1. The first-order valence-corrected chi connectivity index (χ1v) is 6.05. The fourth-order valence-electron chi connectivity index (χ4n) is 1.75.